The van der Waals surface area contributed by atoms with Crippen LogP contribution in [0.15, 0.2) is 34.9 Å². The smallest absolute Gasteiger partial charge is 0.132 e. The normalized spacial score (nSPS) is 12.7. The van der Waals surface area contributed by atoms with Crippen LogP contribution < -0.4 is 4.74 Å². The molecular weight excluding hydrogens is 320 g/mol. The van der Waals surface area contributed by atoms with Crippen molar-refractivity contribution in [3.63, 3.8) is 0 Å². The van der Waals surface area contributed by atoms with E-state index in [1.54, 1.807) is 6.92 Å². The lowest BCUT2D eigenvalue weighted by atomic mass is 10.1. The van der Waals surface area contributed by atoms with Crippen molar-refractivity contribution in [1.29, 1.82) is 0 Å². The van der Waals surface area contributed by atoms with Crippen LogP contribution >= 0.6 is 15.9 Å². The lowest BCUT2D eigenvalue weighted by Gasteiger charge is -2.13. The summed E-state index contributed by atoms with van der Waals surface area (Å²) in [7, 11) is 0. The van der Waals surface area contributed by atoms with E-state index in [1.807, 2.05) is 35.1 Å². The minimum absolute atomic E-state index is 0.336. The molecule has 0 radical (unpaired) electrons. The fourth-order valence-corrected chi connectivity index (χ4v) is 2.21. The second-order valence-corrected chi connectivity index (χ2v) is 5.94. The fourth-order valence-electron chi connectivity index (χ4n) is 1.87. The average molecular weight is 339 g/mol. The third kappa shape index (κ3) is 3.61. The van der Waals surface area contributed by atoms with Crippen LogP contribution in [-0.2, 0) is 6.61 Å². The number of halogens is 1. The second kappa shape index (κ2) is 6.41. The van der Waals surface area contributed by atoms with E-state index in [9.17, 15) is 5.11 Å². The third-order valence-electron chi connectivity index (χ3n) is 2.99. The molecule has 20 heavy (non-hydrogen) atoms. The minimum Gasteiger partial charge on any atom is -0.487 e. The van der Waals surface area contributed by atoms with Crippen molar-refractivity contribution in [3.8, 4) is 5.75 Å². The van der Waals surface area contributed by atoms with Crippen LogP contribution in [0.25, 0.3) is 0 Å². The van der Waals surface area contributed by atoms with Gasteiger partial charge < -0.3 is 9.84 Å². The van der Waals surface area contributed by atoms with Gasteiger partial charge in [0, 0.05) is 22.3 Å². The average Bonchev–Trinajstić information content (AvgIpc) is 2.85. The summed E-state index contributed by atoms with van der Waals surface area (Å²) in [5.41, 5.74) is 1.65. The van der Waals surface area contributed by atoms with Crippen molar-refractivity contribution in [1.82, 2.24) is 9.78 Å². The largest absolute Gasteiger partial charge is 0.487 e. The van der Waals surface area contributed by atoms with Gasteiger partial charge in [0.15, 0.2) is 0 Å². The quantitative estimate of drug-likeness (QED) is 0.900. The summed E-state index contributed by atoms with van der Waals surface area (Å²) in [6, 6.07) is 7.89. The Kier molecular flexibility index (Phi) is 4.83. The van der Waals surface area contributed by atoms with Gasteiger partial charge in [-0.15, -0.1) is 0 Å². The molecule has 1 aromatic heterocycles. The third-order valence-corrected chi connectivity index (χ3v) is 3.49. The van der Waals surface area contributed by atoms with Gasteiger partial charge in [0.2, 0.25) is 0 Å². The van der Waals surface area contributed by atoms with Crippen LogP contribution in [0.5, 0.6) is 5.75 Å². The first-order valence-electron chi connectivity index (χ1n) is 6.61. The van der Waals surface area contributed by atoms with Gasteiger partial charge >= 0.3 is 0 Å². The van der Waals surface area contributed by atoms with Gasteiger partial charge in [-0.2, -0.15) is 5.10 Å². The van der Waals surface area contributed by atoms with Crippen LogP contribution in [0.2, 0.25) is 0 Å². The Morgan fingerprint density at radius 1 is 1.30 bits per heavy atom. The number of aromatic nitrogens is 2. The first-order chi connectivity index (χ1) is 9.47. The lowest BCUT2D eigenvalue weighted by Crippen LogP contribution is -2.04. The molecule has 0 saturated carbocycles. The molecule has 2 aromatic rings. The SMILES string of the molecule is CC(O)c1ccc(Br)cc1OCc1ccn(C(C)C)n1. The van der Waals surface area contributed by atoms with Crippen molar-refractivity contribution >= 4 is 15.9 Å². The lowest BCUT2D eigenvalue weighted by molar-refractivity contribution is 0.189. The topological polar surface area (TPSA) is 47.3 Å². The zero-order valence-electron chi connectivity index (χ0n) is 11.9. The zero-order chi connectivity index (χ0) is 14.7. The van der Waals surface area contributed by atoms with Crippen LogP contribution in [0, 0.1) is 0 Å². The van der Waals surface area contributed by atoms with Gasteiger partial charge in [-0.05, 0) is 39.0 Å². The van der Waals surface area contributed by atoms with Crippen LogP contribution in [-0.4, -0.2) is 14.9 Å². The summed E-state index contributed by atoms with van der Waals surface area (Å²) in [6.45, 7) is 6.27. The Bertz CT molecular complexity index is 579. The number of hydrogen-bond donors (Lipinski definition) is 1. The number of aliphatic hydroxyl groups is 1. The van der Waals surface area contributed by atoms with Crippen LogP contribution in [0.3, 0.4) is 0 Å². The van der Waals surface area contributed by atoms with Crippen molar-refractivity contribution in [2.45, 2.75) is 39.5 Å². The van der Waals surface area contributed by atoms with Crippen molar-refractivity contribution in [3.05, 3.63) is 46.2 Å². The van der Waals surface area contributed by atoms with E-state index < -0.39 is 6.10 Å². The first-order valence-corrected chi connectivity index (χ1v) is 7.41. The molecule has 1 aromatic carbocycles. The van der Waals surface area contributed by atoms with E-state index >= 15 is 0 Å². The number of aliphatic hydroxyl groups excluding tert-OH is 1. The van der Waals surface area contributed by atoms with Gasteiger partial charge in [-0.3, -0.25) is 4.68 Å². The molecule has 0 aliphatic rings. The summed E-state index contributed by atoms with van der Waals surface area (Å²) < 4.78 is 8.61. The van der Waals surface area contributed by atoms with Crippen LogP contribution in [0.4, 0.5) is 0 Å². The van der Waals surface area contributed by atoms with Gasteiger partial charge in [0.05, 0.1) is 11.8 Å². The molecule has 0 bridgehead atoms. The van der Waals surface area contributed by atoms with Gasteiger partial charge in [0.25, 0.3) is 0 Å². The Balaban J connectivity index is 2.11. The van der Waals surface area contributed by atoms with Crippen molar-refractivity contribution < 1.29 is 9.84 Å². The van der Waals surface area contributed by atoms with E-state index in [1.165, 1.54) is 0 Å². The van der Waals surface area contributed by atoms with Crippen LogP contribution in [0.1, 0.15) is 44.2 Å². The molecule has 5 heteroatoms. The molecular formula is C15H19BrN2O2. The van der Waals surface area contributed by atoms with E-state index in [4.69, 9.17) is 4.74 Å². The number of benzene rings is 1. The Morgan fingerprint density at radius 3 is 2.65 bits per heavy atom. The highest BCUT2D eigenvalue weighted by Crippen LogP contribution is 2.29. The predicted molar refractivity (Wildman–Crippen MR) is 81.7 cm³/mol. The molecule has 0 aliphatic carbocycles. The molecule has 0 saturated heterocycles. The fraction of sp³-hybridized carbons (Fsp3) is 0.400. The maximum atomic E-state index is 9.75. The number of nitrogens with zero attached hydrogens (tertiary/aromatic N) is 2. The molecule has 1 heterocycles. The van der Waals surface area contributed by atoms with Crippen molar-refractivity contribution in [2.24, 2.45) is 0 Å². The van der Waals surface area contributed by atoms with Gasteiger partial charge in [-0.25, -0.2) is 0 Å². The monoisotopic (exact) mass is 338 g/mol. The molecule has 2 rings (SSSR count). The number of rotatable bonds is 5. The maximum Gasteiger partial charge on any atom is 0.132 e. The van der Waals surface area contributed by atoms with Crippen molar-refractivity contribution in [2.75, 3.05) is 0 Å². The second-order valence-electron chi connectivity index (χ2n) is 5.03. The Morgan fingerprint density at radius 2 is 2.05 bits per heavy atom. The predicted octanol–water partition coefficient (Wildman–Crippen LogP) is 3.86. The number of hydrogen-bond acceptors (Lipinski definition) is 3. The van der Waals surface area contributed by atoms with E-state index in [-0.39, 0.29) is 0 Å². The van der Waals surface area contributed by atoms with E-state index in [0.29, 0.717) is 18.4 Å². The first kappa shape index (κ1) is 15.1. The summed E-state index contributed by atoms with van der Waals surface area (Å²) in [6.07, 6.45) is 1.38. The molecule has 0 amide bonds. The highest BCUT2D eigenvalue weighted by Gasteiger charge is 2.11. The standard InChI is InChI=1S/C15H19BrN2O2/c1-10(2)18-7-6-13(17-18)9-20-15-8-12(16)4-5-14(15)11(3)19/h4-8,10-11,19H,9H2,1-3H3. The Hall–Kier alpha value is -1.33. The van der Waals surface area contributed by atoms with Gasteiger partial charge in [-0.1, -0.05) is 22.0 Å². The van der Waals surface area contributed by atoms with Gasteiger partial charge in [0.1, 0.15) is 12.4 Å². The highest BCUT2D eigenvalue weighted by molar-refractivity contribution is 9.10. The molecule has 108 valence electrons. The molecule has 1 unspecified atom stereocenters. The highest BCUT2D eigenvalue weighted by atomic mass is 79.9. The molecule has 1 atom stereocenters. The zero-order valence-corrected chi connectivity index (χ0v) is 13.5. The summed E-state index contributed by atoms with van der Waals surface area (Å²) in [4.78, 5) is 0. The van der Waals surface area contributed by atoms with E-state index in [2.05, 4.69) is 34.9 Å². The minimum atomic E-state index is -0.564. The summed E-state index contributed by atoms with van der Waals surface area (Å²) >= 11 is 3.41. The molecule has 0 spiro atoms. The molecule has 1 N–H and O–H groups in total. The van der Waals surface area contributed by atoms with E-state index in [0.717, 1.165) is 15.7 Å². The molecule has 0 fully saturated rings. The molecule has 0 aliphatic heterocycles. The summed E-state index contributed by atoms with van der Waals surface area (Å²) in [5.74, 6) is 0.675. The number of ether oxygens (including phenoxy) is 1. The maximum absolute atomic E-state index is 9.75. The summed E-state index contributed by atoms with van der Waals surface area (Å²) in [5, 5.41) is 14.2. The Labute approximate surface area is 127 Å². The molecule has 4 nitrogen and oxygen atoms in total.